The average molecular weight is 567 g/mol. The Morgan fingerprint density at radius 1 is 1.08 bits per heavy atom. The number of carbonyl (C=O) groups excluding carboxylic acids is 3. The SMILES string of the molecule is O=C(N[C@@H](Cc1ccc(F)cc1F)CN1C(=O)c2ccccc2C1=O)c1cc2c(s1)CCCn1ncc(Cl)c1-2. The summed E-state index contributed by atoms with van der Waals surface area (Å²) < 4.78 is 29.9. The summed E-state index contributed by atoms with van der Waals surface area (Å²) in [7, 11) is 0. The van der Waals surface area contributed by atoms with E-state index in [0.717, 1.165) is 52.6 Å². The van der Waals surface area contributed by atoms with Crippen LogP contribution < -0.4 is 5.32 Å². The zero-order valence-corrected chi connectivity index (χ0v) is 22.0. The third-order valence-corrected chi connectivity index (χ3v) is 8.42. The highest BCUT2D eigenvalue weighted by Crippen LogP contribution is 2.38. The predicted octanol–water partition coefficient (Wildman–Crippen LogP) is 5.13. The Labute approximate surface area is 231 Å². The molecule has 0 fully saturated rings. The number of halogens is 3. The summed E-state index contributed by atoms with van der Waals surface area (Å²) in [5, 5.41) is 7.71. The minimum atomic E-state index is -0.837. The fourth-order valence-corrected chi connectivity index (χ4v) is 6.46. The largest absolute Gasteiger partial charge is 0.346 e. The molecule has 2 aliphatic rings. The van der Waals surface area contributed by atoms with Gasteiger partial charge in [-0.2, -0.15) is 5.10 Å². The molecule has 11 heteroatoms. The quantitative estimate of drug-likeness (QED) is 0.328. The first-order valence-corrected chi connectivity index (χ1v) is 13.5. The first-order valence-electron chi connectivity index (χ1n) is 12.3. The van der Waals surface area contributed by atoms with Gasteiger partial charge in [0.2, 0.25) is 0 Å². The van der Waals surface area contributed by atoms with Gasteiger partial charge in [-0.3, -0.25) is 24.0 Å². The number of carbonyl (C=O) groups is 3. The number of thiophene rings is 1. The van der Waals surface area contributed by atoms with Crippen molar-refractivity contribution in [3.8, 4) is 11.3 Å². The van der Waals surface area contributed by atoms with Gasteiger partial charge in [0.1, 0.15) is 11.6 Å². The summed E-state index contributed by atoms with van der Waals surface area (Å²) in [4.78, 5) is 42.0. The summed E-state index contributed by atoms with van der Waals surface area (Å²) in [5.74, 6) is -2.91. The van der Waals surface area contributed by atoms with Crippen molar-refractivity contribution in [1.82, 2.24) is 20.0 Å². The summed E-state index contributed by atoms with van der Waals surface area (Å²) in [6.07, 6.45) is 3.12. The molecule has 3 amide bonds. The van der Waals surface area contributed by atoms with Crippen LogP contribution >= 0.6 is 22.9 Å². The third-order valence-electron chi connectivity index (χ3n) is 6.95. The highest BCUT2D eigenvalue weighted by atomic mass is 35.5. The number of nitrogens with one attached hydrogen (secondary N) is 1. The van der Waals surface area contributed by atoms with Gasteiger partial charge in [-0.1, -0.05) is 29.8 Å². The van der Waals surface area contributed by atoms with E-state index >= 15 is 0 Å². The standard InChI is InChI=1S/C28H21ClF2N4O3S/c29-21-13-32-35-9-3-6-23-20(25(21)35)12-24(39-23)26(36)33-17(10-15-7-8-16(30)11-22(15)31)14-34-27(37)18-4-1-2-5-19(18)28(34)38/h1-2,4-5,7-8,11-13,17H,3,6,9-10,14H2,(H,33,36)/t17-/m0/s1. The van der Waals surface area contributed by atoms with Crippen LogP contribution in [0.2, 0.25) is 5.02 Å². The number of imide groups is 1. The summed E-state index contributed by atoms with van der Waals surface area (Å²) in [6.45, 7) is 0.537. The molecule has 39 heavy (non-hydrogen) atoms. The van der Waals surface area contributed by atoms with E-state index in [0.29, 0.717) is 9.90 Å². The van der Waals surface area contributed by atoms with Crippen molar-refractivity contribution in [3.05, 3.63) is 97.8 Å². The van der Waals surface area contributed by atoms with E-state index in [1.807, 2.05) is 4.68 Å². The Balaban J connectivity index is 1.29. The van der Waals surface area contributed by atoms with E-state index in [-0.39, 0.29) is 29.7 Å². The maximum Gasteiger partial charge on any atom is 0.261 e. The van der Waals surface area contributed by atoms with Crippen molar-refractivity contribution in [3.63, 3.8) is 0 Å². The molecule has 0 aliphatic carbocycles. The Kier molecular flexibility index (Phi) is 6.52. The number of hydrogen-bond donors (Lipinski definition) is 1. The number of fused-ring (bicyclic) bond motifs is 4. The molecule has 0 saturated heterocycles. The van der Waals surface area contributed by atoms with Crippen molar-refractivity contribution < 1.29 is 23.2 Å². The van der Waals surface area contributed by atoms with Crippen molar-refractivity contribution in [2.24, 2.45) is 0 Å². The summed E-state index contributed by atoms with van der Waals surface area (Å²) in [5.41, 5.74) is 2.30. The molecule has 0 saturated carbocycles. The Morgan fingerprint density at radius 2 is 1.82 bits per heavy atom. The van der Waals surface area contributed by atoms with E-state index in [2.05, 4.69) is 10.4 Å². The average Bonchev–Trinajstić information content (AvgIpc) is 3.53. The van der Waals surface area contributed by atoms with Crippen LogP contribution in [-0.4, -0.2) is 45.0 Å². The van der Waals surface area contributed by atoms with Crippen LogP contribution in [0.3, 0.4) is 0 Å². The number of aromatic nitrogens is 2. The van der Waals surface area contributed by atoms with E-state index in [1.165, 1.54) is 17.4 Å². The van der Waals surface area contributed by atoms with Gasteiger partial charge in [0.15, 0.2) is 0 Å². The molecule has 7 nitrogen and oxygen atoms in total. The van der Waals surface area contributed by atoms with Gasteiger partial charge in [0.05, 0.1) is 39.0 Å². The van der Waals surface area contributed by atoms with Gasteiger partial charge in [-0.05, 0) is 49.1 Å². The van der Waals surface area contributed by atoms with Crippen molar-refractivity contribution in [2.45, 2.75) is 31.8 Å². The molecule has 0 spiro atoms. The van der Waals surface area contributed by atoms with Crippen LogP contribution in [-0.2, 0) is 19.4 Å². The van der Waals surface area contributed by atoms with Crippen LogP contribution in [0.15, 0.2) is 54.7 Å². The minimum Gasteiger partial charge on any atom is -0.346 e. The maximum atomic E-state index is 14.6. The second-order valence-corrected chi connectivity index (χ2v) is 11.0. The Morgan fingerprint density at radius 3 is 2.54 bits per heavy atom. The molecule has 198 valence electrons. The highest BCUT2D eigenvalue weighted by molar-refractivity contribution is 7.14. The Bertz CT molecular complexity index is 1610. The lowest BCUT2D eigenvalue weighted by Crippen LogP contribution is -2.47. The zero-order chi connectivity index (χ0) is 27.3. The summed E-state index contributed by atoms with van der Waals surface area (Å²) in [6, 6.07) is 10.6. The second-order valence-electron chi connectivity index (χ2n) is 9.49. The number of amides is 3. The molecule has 0 radical (unpaired) electrons. The van der Waals surface area contributed by atoms with Crippen LogP contribution in [0.4, 0.5) is 8.78 Å². The zero-order valence-electron chi connectivity index (χ0n) is 20.4. The van der Waals surface area contributed by atoms with Crippen LogP contribution in [0, 0.1) is 11.6 Å². The molecule has 4 aromatic rings. The van der Waals surface area contributed by atoms with Crippen molar-refractivity contribution in [1.29, 1.82) is 0 Å². The first-order chi connectivity index (χ1) is 18.8. The fourth-order valence-electron chi connectivity index (χ4n) is 5.11. The number of nitrogens with zero attached hydrogens (tertiary/aromatic N) is 3. The van der Waals surface area contributed by atoms with Crippen molar-refractivity contribution >= 4 is 40.7 Å². The molecular formula is C28H21ClF2N4O3S. The van der Waals surface area contributed by atoms with Crippen molar-refractivity contribution in [2.75, 3.05) is 6.54 Å². The van der Waals surface area contributed by atoms with E-state index < -0.39 is 35.4 Å². The van der Waals surface area contributed by atoms with Gasteiger partial charge in [0.25, 0.3) is 17.7 Å². The normalized spacial score (nSPS) is 15.0. The molecule has 4 heterocycles. The van der Waals surface area contributed by atoms with Gasteiger partial charge in [0, 0.05) is 29.6 Å². The predicted molar refractivity (Wildman–Crippen MR) is 142 cm³/mol. The highest BCUT2D eigenvalue weighted by Gasteiger charge is 2.37. The molecule has 1 atom stereocenters. The van der Waals surface area contributed by atoms with Crippen LogP contribution in [0.25, 0.3) is 11.3 Å². The smallest absolute Gasteiger partial charge is 0.261 e. The van der Waals surface area contributed by atoms with E-state index in [9.17, 15) is 23.2 Å². The number of benzene rings is 2. The van der Waals surface area contributed by atoms with Crippen LogP contribution in [0.5, 0.6) is 0 Å². The molecule has 0 bridgehead atoms. The molecule has 1 N–H and O–H groups in total. The monoisotopic (exact) mass is 566 g/mol. The van der Waals surface area contributed by atoms with Crippen LogP contribution in [0.1, 0.15) is 47.2 Å². The number of aryl methyl sites for hydroxylation is 2. The number of rotatable bonds is 6. The van der Waals surface area contributed by atoms with Gasteiger partial charge >= 0.3 is 0 Å². The minimum absolute atomic E-state index is 0.0606. The second kappa shape index (κ2) is 10.0. The lowest BCUT2D eigenvalue weighted by atomic mass is 10.0. The first kappa shape index (κ1) is 25.4. The lowest BCUT2D eigenvalue weighted by molar-refractivity contribution is 0.0629. The number of hydrogen-bond acceptors (Lipinski definition) is 5. The molecule has 2 aromatic heterocycles. The molecule has 2 aromatic carbocycles. The third kappa shape index (κ3) is 4.63. The lowest BCUT2D eigenvalue weighted by Gasteiger charge is -2.24. The van der Waals surface area contributed by atoms with E-state index in [4.69, 9.17) is 11.6 Å². The molecule has 6 rings (SSSR count). The summed E-state index contributed by atoms with van der Waals surface area (Å²) >= 11 is 7.73. The van der Waals surface area contributed by atoms with Gasteiger partial charge in [-0.15, -0.1) is 11.3 Å². The molecular weight excluding hydrogens is 546 g/mol. The van der Waals surface area contributed by atoms with Gasteiger partial charge < -0.3 is 5.32 Å². The molecule has 2 aliphatic heterocycles. The van der Waals surface area contributed by atoms with Gasteiger partial charge in [-0.25, -0.2) is 8.78 Å². The Hall–Kier alpha value is -3.89. The maximum absolute atomic E-state index is 14.6. The topological polar surface area (TPSA) is 84.3 Å². The fraction of sp³-hybridized carbons (Fsp3) is 0.214. The van der Waals surface area contributed by atoms with E-state index in [1.54, 1.807) is 36.5 Å². The molecule has 0 unspecified atom stereocenters.